The van der Waals surface area contributed by atoms with Crippen molar-refractivity contribution in [3.8, 4) is 17.3 Å². The molecule has 0 atom stereocenters. The molecule has 0 aliphatic heterocycles. The molecule has 0 aliphatic carbocycles. The number of rotatable bonds is 3. The van der Waals surface area contributed by atoms with E-state index >= 15 is 0 Å². The number of nitrogens with two attached hydrogens (primary N) is 1. The van der Waals surface area contributed by atoms with E-state index in [2.05, 4.69) is 19.9 Å². The zero-order chi connectivity index (χ0) is 13.2. The maximum atomic E-state index is 5.88. The molecule has 0 bridgehead atoms. The van der Waals surface area contributed by atoms with Crippen LogP contribution in [0.4, 0.5) is 5.69 Å². The smallest absolute Gasteiger partial charge is 0.215 e. The van der Waals surface area contributed by atoms with E-state index in [4.69, 9.17) is 10.5 Å². The minimum Gasteiger partial charge on any atom is -0.478 e. The largest absolute Gasteiger partial charge is 0.478 e. The molecule has 3 aromatic rings. The third kappa shape index (κ3) is 2.08. The van der Waals surface area contributed by atoms with Crippen LogP contribution in [0.1, 0.15) is 6.92 Å². The first-order valence-electron chi connectivity index (χ1n) is 5.97. The Bertz CT molecular complexity index is 722. The van der Waals surface area contributed by atoms with Crippen molar-refractivity contribution in [3.63, 3.8) is 0 Å². The summed E-state index contributed by atoms with van der Waals surface area (Å²) in [7, 11) is 0. The first-order valence-corrected chi connectivity index (χ1v) is 5.97. The Balaban J connectivity index is 2.09. The van der Waals surface area contributed by atoms with Crippen LogP contribution in [0.2, 0.25) is 0 Å². The molecule has 3 rings (SSSR count). The molecule has 0 saturated heterocycles. The molecule has 3 aromatic heterocycles. The highest BCUT2D eigenvalue weighted by Crippen LogP contribution is 2.24. The fourth-order valence-corrected chi connectivity index (χ4v) is 1.85. The predicted octanol–water partition coefficient (Wildman–Crippen LogP) is 2.00. The van der Waals surface area contributed by atoms with Gasteiger partial charge in [-0.2, -0.15) is 4.98 Å². The summed E-state index contributed by atoms with van der Waals surface area (Å²) in [5.41, 5.74) is 8.72. The lowest BCUT2D eigenvalue weighted by atomic mass is 10.2. The van der Waals surface area contributed by atoms with Crippen molar-refractivity contribution < 1.29 is 4.74 Å². The summed E-state index contributed by atoms with van der Waals surface area (Å²) in [5, 5.41) is 0. The number of aromatic amines is 1. The van der Waals surface area contributed by atoms with Gasteiger partial charge in [-0.1, -0.05) is 0 Å². The fraction of sp³-hybridized carbons (Fsp3) is 0.154. The van der Waals surface area contributed by atoms with Gasteiger partial charge in [-0.05, 0) is 19.1 Å². The van der Waals surface area contributed by atoms with Crippen LogP contribution in [0.5, 0.6) is 5.88 Å². The fourth-order valence-electron chi connectivity index (χ4n) is 1.85. The van der Waals surface area contributed by atoms with E-state index in [1.807, 2.05) is 25.1 Å². The van der Waals surface area contributed by atoms with Gasteiger partial charge in [0.05, 0.1) is 24.0 Å². The van der Waals surface area contributed by atoms with Crippen molar-refractivity contribution in [3.05, 3.63) is 30.6 Å². The molecular formula is C13H13N5O. The van der Waals surface area contributed by atoms with E-state index in [0.717, 1.165) is 11.1 Å². The van der Waals surface area contributed by atoms with Crippen molar-refractivity contribution in [2.24, 2.45) is 0 Å². The average Bonchev–Trinajstić information content (AvgIpc) is 2.82. The highest BCUT2D eigenvalue weighted by atomic mass is 16.5. The maximum Gasteiger partial charge on any atom is 0.215 e. The average molecular weight is 255 g/mol. The maximum absolute atomic E-state index is 5.88. The number of hydrogen-bond acceptors (Lipinski definition) is 5. The van der Waals surface area contributed by atoms with Gasteiger partial charge in [-0.15, -0.1) is 0 Å². The Morgan fingerprint density at radius 1 is 1.26 bits per heavy atom. The minimum absolute atomic E-state index is 0.566. The number of anilines is 1. The van der Waals surface area contributed by atoms with Crippen molar-refractivity contribution >= 4 is 16.9 Å². The van der Waals surface area contributed by atoms with Gasteiger partial charge in [0.1, 0.15) is 5.82 Å². The van der Waals surface area contributed by atoms with Gasteiger partial charge in [0.15, 0.2) is 5.65 Å². The molecule has 0 amide bonds. The van der Waals surface area contributed by atoms with Gasteiger partial charge < -0.3 is 15.5 Å². The third-order valence-electron chi connectivity index (χ3n) is 2.72. The van der Waals surface area contributed by atoms with Crippen molar-refractivity contribution in [2.45, 2.75) is 6.92 Å². The Kier molecular flexibility index (Phi) is 2.75. The number of ether oxygens (including phenoxy) is 1. The van der Waals surface area contributed by atoms with E-state index in [0.29, 0.717) is 29.6 Å². The second-order valence-corrected chi connectivity index (χ2v) is 4.00. The van der Waals surface area contributed by atoms with Crippen LogP contribution >= 0.6 is 0 Å². The lowest BCUT2D eigenvalue weighted by Gasteiger charge is -1.99. The number of aromatic nitrogens is 4. The second kappa shape index (κ2) is 4.56. The van der Waals surface area contributed by atoms with E-state index in [-0.39, 0.29) is 0 Å². The molecule has 3 N–H and O–H groups in total. The summed E-state index contributed by atoms with van der Waals surface area (Å²) in [5.74, 6) is 1.24. The molecule has 3 heterocycles. The number of nitrogens with one attached hydrogen (secondary N) is 1. The molecular weight excluding hydrogens is 242 g/mol. The molecule has 96 valence electrons. The van der Waals surface area contributed by atoms with Gasteiger partial charge >= 0.3 is 0 Å². The summed E-state index contributed by atoms with van der Waals surface area (Å²) in [6, 6.07) is 5.52. The molecule has 6 nitrogen and oxygen atoms in total. The van der Waals surface area contributed by atoms with Gasteiger partial charge in [0, 0.05) is 17.8 Å². The zero-order valence-electron chi connectivity index (χ0n) is 10.4. The molecule has 0 aromatic carbocycles. The lowest BCUT2D eigenvalue weighted by molar-refractivity contribution is 0.328. The van der Waals surface area contributed by atoms with Crippen molar-refractivity contribution in [2.75, 3.05) is 12.3 Å². The summed E-state index contributed by atoms with van der Waals surface area (Å²) in [6.07, 6.45) is 3.28. The molecule has 6 heteroatoms. The van der Waals surface area contributed by atoms with E-state index in [1.165, 1.54) is 0 Å². The van der Waals surface area contributed by atoms with Crippen LogP contribution < -0.4 is 10.5 Å². The second-order valence-electron chi connectivity index (χ2n) is 4.00. The number of fused-ring (bicyclic) bond motifs is 1. The normalized spacial score (nSPS) is 10.8. The Morgan fingerprint density at radius 3 is 2.95 bits per heavy atom. The highest BCUT2D eigenvalue weighted by molar-refractivity contribution is 5.79. The molecule has 0 aliphatic rings. The first kappa shape index (κ1) is 11.5. The van der Waals surface area contributed by atoms with Crippen LogP contribution in [0, 0.1) is 0 Å². The monoisotopic (exact) mass is 255 g/mol. The number of nitrogens with zero attached hydrogens (tertiary/aromatic N) is 3. The van der Waals surface area contributed by atoms with Crippen LogP contribution in [-0.2, 0) is 0 Å². The van der Waals surface area contributed by atoms with E-state index in [1.54, 1.807) is 12.4 Å². The Morgan fingerprint density at radius 2 is 2.16 bits per heavy atom. The number of H-pyrrole nitrogens is 1. The Labute approximate surface area is 109 Å². The van der Waals surface area contributed by atoms with Crippen LogP contribution in [0.3, 0.4) is 0 Å². The minimum atomic E-state index is 0.566. The molecule has 0 radical (unpaired) electrons. The third-order valence-corrected chi connectivity index (χ3v) is 2.72. The molecule has 19 heavy (non-hydrogen) atoms. The molecule has 0 spiro atoms. The summed E-state index contributed by atoms with van der Waals surface area (Å²) in [4.78, 5) is 15.9. The molecule has 0 saturated carbocycles. The van der Waals surface area contributed by atoms with Gasteiger partial charge in [0.25, 0.3) is 0 Å². The Hall–Kier alpha value is -2.63. The van der Waals surface area contributed by atoms with Gasteiger partial charge in [-0.3, -0.25) is 4.98 Å². The van der Waals surface area contributed by atoms with Crippen molar-refractivity contribution in [1.82, 2.24) is 19.9 Å². The van der Waals surface area contributed by atoms with Crippen LogP contribution in [0.25, 0.3) is 22.6 Å². The quantitative estimate of drug-likeness (QED) is 0.747. The SMILES string of the molecule is CCOc1ccc2[nH]c(-c3ccncc3N)nc2n1. The van der Waals surface area contributed by atoms with Gasteiger partial charge in [-0.25, -0.2) is 4.98 Å². The van der Waals surface area contributed by atoms with E-state index < -0.39 is 0 Å². The number of hydrogen-bond donors (Lipinski definition) is 2. The number of imidazole rings is 1. The first-order chi connectivity index (χ1) is 9.28. The molecule has 0 fully saturated rings. The zero-order valence-corrected chi connectivity index (χ0v) is 10.4. The predicted molar refractivity (Wildman–Crippen MR) is 72.7 cm³/mol. The van der Waals surface area contributed by atoms with E-state index in [9.17, 15) is 0 Å². The summed E-state index contributed by atoms with van der Waals surface area (Å²) < 4.78 is 5.35. The highest BCUT2D eigenvalue weighted by Gasteiger charge is 2.09. The van der Waals surface area contributed by atoms with Crippen LogP contribution in [0.15, 0.2) is 30.6 Å². The topological polar surface area (TPSA) is 89.7 Å². The number of nitrogen functional groups attached to an aromatic ring is 1. The van der Waals surface area contributed by atoms with Gasteiger partial charge in [0.2, 0.25) is 5.88 Å². The standard InChI is InChI=1S/C13H13N5O/c1-2-19-11-4-3-10-13(17-11)18-12(16-10)8-5-6-15-7-9(8)14/h3-7H,2,14H2,1H3,(H,16,17,18). The summed E-state index contributed by atoms with van der Waals surface area (Å²) in [6.45, 7) is 2.49. The molecule has 0 unspecified atom stereocenters. The summed E-state index contributed by atoms with van der Waals surface area (Å²) >= 11 is 0. The van der Waals surface area contributed by atoms with Crippen molar-refractivity contribution in [1.29, 1.82) is 0 Å². The van der Waals surface area contributed by atoms with Crippen LogP contribution in [-0.4, -0.2) is 26.5 Å². The lowest BCUT2D eigenvalue weighted by Crippen LogP contribution is -1.93. The number of pyridine rings is 2.